The van der Waals surface area contributed by atoms with Gasteiger partial charge in [-0.25, -0.2) is 0 Å². The first kappa shape index (κ1) is 17.2. The summed E-state index contributed by atoms with van der Waals surface area (Å²) in [6, 6.07) is 3.75. The number of nitrogens with one attached hydrogen (secondary N) is 1. The normalized spacial score (nSPS) is 17.6. The Hall–Kier alpha value is -2.64. The molecule has 3 rings (SSSR count). The molecule has 0 radical (unpaired) electrons. The van der Waals surface area contributed by atoms with Crippen LogP contribution < -0.4 is 5.32 Å². The number of likely N-dealkylation sites (tertiary alicyclic amines) is 1. The molecular formula is C17H23N5O3. The van der Waals surface area contributed by atoms with Crippen molar-refractivity contribution < 1.29 is 14.1 Å². The van der Waals surface area contributed by atoms with Crippen molar-refractivity contribution in [3.05, 3.63) is 35.2 Å². The van der Waals surface area contributed by atoms with Crippen LogP contribution in [0.25, 0.3) is 0 Å². The minimum Gasteiger partial charge on any atom is -0.343 e. The Balaban J connectivity index is 1.73. The lowest BCUT2D eigenvalue weighted by molar-refractivity contribution is -0.132. The van der Waals surface area contributed by atoms with Gasteiger partial charge < -0.3 is 19.3 Å². The highest BCUT2D eigenvalue weighted by Gasteiger charge is 2.28. The fourth-order valence-corrected chi connectivity index (χ4v) is 3.37. The van der Waals surface area contributed by atoms with Gasteiger partial charge in [0.1, 0.15) is 5.69 Å². The zero-order valence-corrected chi connectivity index (χ0v) is 14.8. The molecule has 0 aliphatic carbocycles. The van der Waals surface area contributed by atoms with Gasteiger partial charge >= 0.3 is 0 Å². The molecule has 3 heterocycles. The number of aromatic nitrogens is 3. The fourth-order valence-electron chi connectivity index (χ4n) is 3.37. The number of piperidine rings is 1. The number of carbonyl (C=O) groups is 2. The Morgan fingerprint density at radius 1 is 1.36 bits per heavy atom. The maximum absolute atomic E-state index is 12.5. The summed E-state index contributed by atoms with van der Waals surface area (Å²) in [6.45, 7) is 4.28. The van der Waals surface area contributed by atoms with E-state index in [-0.39, 0.29) is 24.4 Å². The summed E-state index contributed by atoms with van der Waals surface area (Å²) >= 11 is 0. The highest BCUT2D eigenvalue weighted by Crippen LogP contribution is 2.31. The summed E-state index contributed by atoms with van der Waals surface area (Å²) in [5.41, 5.74) is 1.53. The molecule has 1 aliphatic rings. The Morgan fingerprint density at radius 3 is 2.84 bits per heavy atom. The molecule has 0 saturated carbocycles. The van der Waals surface area contributed by atoms with Gasteiger partial charge in [0.15, 0.2) is 5.82 Å². The van der Waals surface area contributed by atoms with Gasteiger partial charge in [0, 0.05) is 33.1 Å². The lowest BCUT2D eigenvalue weighted by atomic mass is 9.99. The SMILES string of the molecule is CC(=O)N1CCCC[C@@H]1c1ccc(C(=O)NCc2noc(C)n2)n1C. The maximum atomic E-state index is 12.5. The zero-order chi connectivity index (χ0) is 18.0. The van der Waals surface area contributed by atoms with Crippen molar-refractivity contribution in [2.45, 2.75) is 45.7 Å². The Morgan fingerprint density at radius 2 is 2.16 bits per heavy atom. The first-order valence-corrected chi connectivity index (χ1v) is 8.47. The summed E-state index contributed by atoms with van der Waals surface area (Å²) in [5, 5.41) is 6.55. The molecule has 0 bridgehead atoms. The van der Waals surface area contributed by atoms with Gasteiger partial charge in [0.25, 0.3) is 5.91 Å². The number of rotatable bonds is 4. The van der Waals surface area contributed by atoms with E-state index >= 15 is 0 Å². The molecule has 0 aromatic carbocycles. The molecule has 0 unspecified atom stereocenters. The van der Waals surface area contributed by atoms with Crippen molar-refractivity contribution in [3.63, 3.8) is 0 Å². The van der Waals surface area contributed by atoms with Crippen LogP contribution in [0.15, 0.2) is 16.7 Å². The number of amides is 2. The van der Waals surface area contributed by atoms with Gasteiger partial charge in [-0.2, -0.15) is 4.98 Å². The van der Waals surface area contributed by atoms with Crippen LogP contribution in [0.5, 0.6) is 0 Å². The highest BCUT2D eigenvalue weighted by molar-refractivity contribution is 5.92. The van der Waals surface area contributed by atoms with Gasteiger partial charge in [-0.15, -0.1) is 0 Å². The number of carbonyl (C=O) groups excluding carboxylic acids is 2. The summed E-state index contributed by atoms with van der Waals surface area (Å²) in [6.07, 6.45) is 3.02. The summed E-state index contributed by atoms with van der Waals surface area (Å²) < 4.78 is 6.75. The van der Waals surface area contributed by atoms with Crippen LogP contribution in [0.2, 0.25) is 0 Å². The van der Waals surface area contributed by atoms with E-state index in [1.165, 1.54) is 0 Å². The lowest BCUT2D eigenvalue weighted by Gasteiger charge is -2.35. The minimum absolute atomic E-state index is 0.0256. The molecule has 134 valence electrons. The average Bonchev–Trinajstić information content (AvgIpc) is 3.18. The number of aryl methyl sites for hydroxylation is 1. The predicted molar refractivity (Wildman–Crippen MR) is 89.6 cm³/mol. The van der Waals surface area contributed by atoms with Gasteiger partial charge in [-0.05, 0) is 31.4 Å². The molecule has 1 aliphatic heterocycles. The quantitative estimate of drug-likeness (QED) is 0.911. The van der Waals surface area contributed by atoms with Gasteiger partial charge in [0.2, 0.25) is 11.8 Å². The molecule has 2 amide bonds. The van der Waals surface area contributed by atoms with Crippen LogP contribution in [0.4, 0.5) is 0 Å². The predicted octanol–water partition coefficient (Wildman–Crippen LogP) is 1.72. The van der Waals surface area contributed by atoms with Crippen LogP contribution in [-0.4, -0.2) is 38.0 Å². The first-order valence-electron chi connectivity index (χ1n) is 8.47. The van der Waals surface area contributed by atoms with Gasteiger partial charge in [0.05, 0.1) is 12.6 Å². The van der Waals surface area contributed by atoms with Crippen LogP contribution in [0, 0.1) is 6.92 Å². The molecule has 2 aromatic rings. The van der Waals surface area contributed by atoms with Crippen LogP contribution >= 0.6 is 0 Å². The molecule has 8 heteroatoms. The molecule has 2 aromatic heterocycles. The lowest BCUT2D eigenvalue weighted by Crippen LogP contribution is -2.38. The maximum Gasteiger partial charge on any atom is 0.268 e. The van der Waals surface area contributed by atoms with E-state index in [9.17, 15) is 9.59 Å². The molecule has 1 fully saturated rings. The van der Waals surface area contributed by atoms with Crippen LogP contribution in [0.3, 0.4) is 0 Å². The summed E-state index contributed by atoms with van der Waals surface area (Å²) in [7, 11) is 1.86. The second-order valence-corrected chi connectivity index (χ2v) is 6.34. The van der Waals surface area contributed by atoms with Gasteiger partial charge in [-0.1, -0.05) is 5.16 Å². The van der Waals surface area contributed by atoms with Crippen molar-refractivity contribution in [1.29, 1.82) is 0 Å². The van der Waals surface area contributed by atoms with Crippen LogP contribution in [-0.2, 0) is 18.4 Å². The summed E-state index contributed by atoms with van der Waals surface area (Å²) in [4.78, 5) is 30.3. The second-order valence-electron chi connectivity index (χ2n) is 6.34. The third kappa shape index (κ3) is 3.57. The Bertz CT molecular complexity index is 779. The van der Waals surface area contributed by atoms with E-state index in [4.69, 9.17) is 4.52 Å². The molecule has 25 heavy (non-hydrogen) atoms. The standard InChI is InChI=1S/C17H23N5O3/c1-11-19-16(20-25-11)10-18-17(24)15-8-7-13(21(15)3)14-6-4-5-9-22(14)12(2)23/h7-8,14H,4-6,9-10H2,1-3H3,(H,18,24)/t14-/m1/s1. The molecule has 1 N–H and O–H groups in total. The van der Waals surface area contributed by atoms with E-state index in [2.05, 4.69) is 15.5 Å². The second kappa shape index (κ2) is 7.08. The van der Waals surface area contributed by atoms with E-state index in [0.29, 0.717) is 17.4 Å². The Labute approximate surface area is 146 Å². The fraction of sp³-hybridized carbons (Fsp3) is 0.529. The molecule has 0 spiro atoms. The van der Waals surface area contributed by atoms with E-state index in [1.54, 1.807) is 19.9 Å². The van der Waals surface area contributed by atoms with Crippen molar-refractivity contribution in [2.24, 2.45) is 7.05 Å². The van der Waals surface area contributed by atoms with Crippen molar-refractivity contribution in [1.82, 2.24) is 24.9 Å². The van der Waals surface area contributed by atoms with E-state index in [0.717, 1.165) is 31.5 Å². The van der Waals surface area contributed by atoms with Gasteiger partial charge in [-0.3, -0.25) is 9.59 Å². The average molecular weight is 345 g/mol. The molecule has 8 nitrogen and oxygen atoms in total. The first-order chi connectivity index (χ1) is 12.0. The molecule has 1 saturated heterocycles. The third-order valence-corrected chi connectivity index (χ3v) is 4.62. The number of hydrogen-bond acceptors (Lipinski definition) is 5. The van der Waals surface area contributed by atoms with Crippen molar-refractivity contribution >= 4 is 11.8 Å². The zero-order valence-electron chi connectivity index (χ0n) is 14.8. The minimum atomic E-state index is -0.207. The highest BCUT2D eigenvalue weighted by atomic mass is 16.5. The van der Waals surface area contributed by atoms with E-state index in [1.807, 2.05) is 22.6 Å². The largest absolute Gasteiger partial charge is 0.343 e. The number of hydrogen-bond donors (Lipinski definition) is 1. The smallest absolute Gasteiger partial charge is 0.268 e. The topological polar surface area (TPSA) is 93.3 Å². The monoisotopic (exact) mass is 345 g/mol. The third-order valence-electron chi connectivity index (χ3n) is 4.62. The Kier molecular flexibility index (Phi) is 4.87. The van der Waals surface area contributed by atoms with Crippen molar-refractivity contribution in [2.75, 3.05) is 6.54 Å². The molecule has 1 atom stereocenters. The molecular weight excluding hydrogens is 322 g/mol. The number of nitrogens with zero attached hydrogens (tertiary/aromatic N) is 4. The van der Waals surface area contributed by atoms with Crippen LogP contribution in [0.1, 0.15) is 60.1 Å². The van der Waals surface area contributed by atoms with Crippen molar-refractivity contribution in [3.8, 4) is 0 Å². The van der Waals surface area contributed by atoms with E-state index < -0.39 is 0 Å². The summed E-state index contributed by atoms with van der Waals surface area (Å²) in [5.74, 6) is 0.771.